The first-order valence-electron chi connectivity index (χ1n) is 6.01. The van der Waals surface area contributed by atoms with Gasteiger partial charge in [-0.25, -0.2) is 4.98 Å². The van der Waals surface area contributed by atoms with E-state index in [-0.39, 0.29) is 11.7 Å². The van der Waals surface area contributed by atoms with Crippen LogP contribution in [0.1, 0.15) is 16.8 Å². The molecule has 0 aliphatic carbocycles. The molecule has 0 unspecified atom stereocenters. The van der Waals surface area contributed by atoms with Crippen molar-refractivity contribution in [3.05, 3.63) is 50.6 Å². The molecule has 2 rings (SSSR count). The van der Waals surface area contributed by atoms with E-state index in [4.69, 9.17) is 27.3 Å². The molecule has 0 saturated heterocycles. The third kappa shape index (κ3) is 3.46. The first-order valence-corrected chi connectivity index (χ1v) is 7.18. The zero-order chi connectivity index (χ0) is 15.6. The maximum atomic E-state index is 8.92. The molecule has 0 atom stereocenters. The average molecular weight is 371 g/mol. The van der Waals surface area contributed by atoms with Crippen molar-refractivity contribution in [1.29, 1.82) is 0 Å². The van der Waals surface area contributed by atoms with Gasteiger partial charge in [-0.05, 0) is 59.6 Å². The molecular formula is C14H13BrClN3O2. The van der Waals surface area contributed by atoms with Crippen LogP contribution >= 0.6 is 27.5 Å². The van der Waals surface area contributed by atoms with Crippen molar-refractivity contribution < 1.29 is 9.94 Å². The van der Waals surface area contributed by atoms with Crippen LogP contribution in [-0.4, -0.2) is 16.0 Å². The molecule has 110 valence electrons. The molecule has 1 heterocycles. The summed E-state index contributed by atoms with van der Waals surface area (Å²) in [5.74, 6) is 0.745. The van der Waals surface area contributed by atoms with Crippen LogP contribution < -0.4 is 10.5 Å². The van der Waals surface area contributed by atoms with Crippen LogP contribution in [0.4, 0.5) is 0 Å². The van der Waals surface area contributed by atoms with E-state index in [0.29, 0.717) is 20.8 Å². The van der Waals surface area contributed by atoms with Gasteiger partial charge in [0.15, 0.2) is 5.84 Å². The number of hydrogen-bond acceptors (Lipinski definition) is 4. The number of amidine groups is 1. The third-order valence-corrected chi connectivity index (χ3v) is 3.63. The van der Waals surface area contributed by atoms with Crippen molar-refractivity contribution in [2.75, 3.05) is 0 Å². The number of aromatic nitrogens is 1. The van der Waals surface area contributed by atoms with Gasteiger partial charge in [-0.1, -0.05) is 16.8 Å². The number of rotatable bonds is 3. The van der Waals surface area contributed by atoms with Crippen molar-refractivity contribution >= 4 is 33.4 Å². The molecule has 1 aromatic heterocycles. The highest BCUT2D eigenvalue weighted by Gasteiger charge is 2.16. The van der Waals surface area contributed by atoms with E-state index in [1.54, 1.807) is 18.2 Å². The van der Waals surface area contributed by atoms with E-state index in [9.17, 15) is 0 Å². The van der Waals surface area contributed by atoms with Crippen molar-refractivity contribution in [1.82, 2.24) is 4.98 Å². The summed E-state index contributed by atoms with van der Waals surface area (Å²) in [5.41, 5.74) is 7.73. The van der Waals surface area contributed by atoms with E-state index >= 15 is 0 Å². The molecule has 0 radical (unpaired) electrons. The second-order valence-electron chi connectivity index (χ2n) is 4.42. The Morgan fingerprint density at radius 2 is 2.10 bits per heavy atom. The monoisotopic (exact) mass is 369 g/mol. The minimum atomic E-state index is -0.0555. The fraction of sp³-hybridized carbons (Fsp3) is 0.143. The Morgan fingerprint density at radius 1 is 1.38 bits per heavy atom. The van der Waals surface area contributed by atoms with Crippen LogP contribution in [0.3, 0.4) is 0 Å². The highest BCUT2D eigenvalue weighted by molar-refractivity contribution is 9.10. The van der Waals surface area contributed by atoms with Crippen molar-refractivity contribution in [3.63, 3.8) is 0 Å². The summed E-state index contributed by atoms with van der Waals surface area (Å²) in [6.07, 6.45) is 0. The van der Waals surface area contributed by atoms with E-state index < -0.39 is 0 Å². The topological polar surface area (TPSA) is 80.7 Å². The molecule has 0 spiro atoms. The van der Waals surface area contributed by atoms with Gasteiger partial charge in [-0.15, -0.1) is 0 Å². The van der Waals surface area contributed by atoms with Crippen LogP contribution in [0.25, 0.3) is 0 Å². The van der Waals surface area contributed by atoms with Crippen molar-refractivity contribution in [2.45, 2.75) is 13.8 Å². The maximum absolute atomic E-state index is 8.92. The van der Waals surface area contributed by atoms with Gasteiger partial charge in [-0.2, -0.15) is 0 Å². The molecule has 0 aliphatic heterocycles. The number of ether oxygens (including phenoxy) is 1. The fourth-order valence-corrected chi connectivity index (χ4v) is 2.66. The van der Waals surface area contributed by atoms with E-state index in [2.05, 4.69) is 26.1 Å². The van der Waals surface area contributed by atoms with E-state index in [1.165, 1.54) is 0 Å². The first kappa shape index (κ1) is 15.6. The lowest BCUT2D eigenvalue weighted by Crippen LogP contribution is -2.17. The number of pyridine rings is 1. The van der Waals surface area contributed by atoms with E-state index in [1.807, 2.05) is 19.9 Å². The van der Waals surface area contributed by atoms with Gasteiger partial charge < -0.3 is 15.7 Å². The highest BCUT2D eigenvalue weighted by Crippen LogP contribution is 2.33. The van der Waals surface area contributed by atoms with Gasteiger partial charge in [0.25, 0.3) is 0 Å². The number of benzene rings is 1. The molecule has 0 aliphatic rings. The van der Waals surface area contributed by atoms with Gasteiger partial charge in [0.1, 0.15) is 5.75 Å². The molecule has 3 N–H and O–H groups in total. The summed E-state index contributed by atoms with van der Waals surface area (Å²) in [6.45, 7) is 3.68. The molecule has 0 amide bonds. The van der Waals surface area contributed by atoms with Gasteiger partial charge in [-0.3, -0.25) is 0 Å². The number of oxime groups is 1. The van der Waals surface area contributed by atoms with Crippen molar-refractivity contribution in [2.24, 2.45) is 10.9 Å². The zero-order valence-electron chi connectivity index (χ0n) is 11.4. The second kappa shape index (κ2) is 6.32. The Balaban J connectivity index is 2.53. The smallest absolute Gasteiger partial charge is 0.230 e. The molecule has 0 saturated carbocycles. The minimum absolute atomic E-state index is 0.0555. The molecule has 2 aromatic rings. The first-order chi connectivity index (χ1) is 9.92. The summed E-state index contributed by atoms with van der Waals surface area (Å²) >= 11 is 9.27. The highest BCUT2D eigenvalue weighted by atomic mass is 79.9. The minimum Gasteiger partial charge on any atom is -0.437 e. The van der Waals surface area contributed by atoms with Crippen LogP contribution in [0.15, 0.2) is 33.9 Å². The van der Waals surface area contributed by atoms with Crippen LogP contribution in [0, 0.1) is 13.8 Å². The number of nitrogens with zero attached hydrogens (tertiary/aromatic N) is 2. The van der Waals surface area contributed by atoms with Crippen LogP contribution in [0.2, 0.25) is 5.02 Å². The Kier molecular flexibility index (Phi) is 4.69. The lowest BCUT2D eigenvalue weighted by Gasteiger charge is -2.13. The average Bonchev–Trinajstić information content (AvgIpc) is 2.40. The van der Waals surface area contributed by atoms with Gasteiger partial charge in [0.05, 0.1) is 10.0 Å². The third-order valence-electron chi connectivity index (χ3n) is 2.78. The van der Waals surface area contributed by atoms with Gasteiger partial charge in [0, 0.05) is 10.7 Å². The predicted molar refractivity (Wildman–Crippen MR) is 85.4 cm³/mol. The number of halogens is 2. The molecular weight excluding hydrogens is 358 g/mol. The molecule has 1 aromatic carbocycles. The summed E-state index contributed by atoms with van der Waals surface area (Å²) in [7, 11) is 0. The van der Waals surface area contributed by atoms with Crippen LogP contribution in [-0.2, 0) is 0 Å². The Hall–Kier alpha value is -1.79. The Morgan fingerprint density at radius 3 is 2.71 bits per heavy atom. The number of hydrogen-bond donors (Lipinski definition) is 2. The van der Waals surface area contributed by atoms with Gasteiger partial charge in [0.2, 0.25) is 5.88 Å². The van der Waals surface area contributed by atoms with Crippen molar-refractivity contribution in [3.8, 4) is 11.6 Å². The zero-order valence-corrected chi connectivity index (χ0v) is 13.7. The predicted octanol–water partition coefficient (Wildman–Crippen LogP) is 4.00. The lowest BCUT2D eigenvalue weighted by atomic mass is 10.1. The lowest BCUT2D eigenvalue weighted by molar-refractivity contribution is 0.318. The SMILES string of the molecule is Cc1cc(C)c(/C(N)=N/O)c(Oc2ccc(Cl)cc2Br)n1. The quantitative estimate of drug-likeness (QED) is 0.370. The Labute approximate surface area is 135 Å². The fourth-order valence-electron chi connectivity index (χ4n) is 1.90. The molecule has 0 bridgehead atoms. The van der Waals surface area contributed by atoms with Crippen LogP contribution in [0.5, 0.6) is 11.6 Å². The maximum Gasteiger partial charge on any atom is 0.230 e. The number of nitrogens with two attached hydrogens (primary N) is 1. The second-order valence-corrected chi connectivity index (χ2v) is 5.71. The molecule has 7 heteroatoms. The summed E-state index contributed by atoms with van der Waals surface area (Å²) in [5, 5.41) is 12.5. The van der Waals surface area contributed by atoms with E-state index in [0.717, 1.165) is 11.3 Å². The molecule has 5 nitrogen and oxygen atoms in total. The normalized spacial score (nSPS) is 11.5. The summed E-state index contributed by atoms with van der Waals surface area (Å²) < 4.78 is 6.47. The molecule has 21 heavy (non-hydrogen) atoms. The summed E-state index contributed by atoms with van der Waals surface area (Å²) in [6, 6.07) is 6.95. The largest absolute Gasteiger partial charge is 0.437 e. The number of aryl methyl sites for hydroxylation is 2. The van der Waals surface area contributed by atoms with Gasteiger partial charge >= 0.3 is 0 Å². The summed E-state index contributed by atoms with van der Waals surface area (Å²) in [4.78, 5) is 4.31. The standard InChI is InChI=1S/C14H13BrClN3O2/c1-7-5-8(2)18-14(12(7)13(17)19-20)21-11-4-3-9(16)6-10(11)15/h3-6,20H,1-2H3,(H2,17,19). The Bertz CT molecular complexity index is 720. The molecule has 0 fully saturated rings.